The van der Waals surface area contributed by atoms with Gasteiger partial charge in [0.25, 0.3) is 0 Å². The molecule has 3 aliphatic rings. The number of hydrogen-bond acceptors (Lipinski definition) is 5. The molecule has 2 aromatic carbocycles. The Balaban J connectivity index is 1.56. The van der Waals surface area contributed by atoms with Crippen LogP contribution in [0, 0.1) is 16.6 Å². The quantitative estimate of drug-likeness (QED) is 0.424. The molecule has 40 heavy (non-hydrogen) atoms. The van der Waals surface area contributed by atoms with Crippen LogP contribution in [0.4, 0.5) is 4.39 Å². The molecule has 6 nitrogen and oxygen atoms in total. The Bertz CT molecular complexity index is 1360. The minimum atomic E-state index is -0.912. The molecule has 210 valence electrons. The minimum Gasteiger partial charge on any atom is -0.489 e. The van der Waals surface area contributed by atoms with E-state index in [0.29, 0.717) is 42.6 Å². The average Bonchev–Trinajstić information content (AvgIpc) is 2.85. The standard InChI is InChI=1S/C33H36FNO5/c1-32(2)15-24-30(26(36)17-32)29(21-7-11-23(12-8-21)40-19-20-5-9-22(34)10-6-20)31-25(35(24)14-13-28(38)39)16-33(3,4)18-27(31)37/h5-12,29H,13-19H2,1-4H3,(H,38,39). The number of allylic oxidation sites excluding steroid dienone is 4. The molecule has 0 aromatic heterocycles. The van der Waals surface area contributed by atoms with Crippen LogP contribution in [0.5, 0.6) is 5.75 Å². The molecule has 0 fully saturated rings. The zero-order valence-electron chi connectivity index (χ0n) is 23.6. The number of carbonyl (C=O) groups is 3. The van der Waals surface area contributed by atoms with Gasteiger partial charge in [-0.3, -0.25) is 14.4 Å². The number of hydrogen-bond donors (Lipinski definition) is 1. The number of carbonyl (C=O) groups excluding carboxylic acids is 2. The summed E-state index contributed by atoms with van der Waals surface area (Å²) in [6.07, 6.45) is 1.93. The molecule has 0 saturated carbocycles. The Morgan fingerprint density at radius 2 is 1.40 bits per heavy atom. The third-order valence-electron chi connectivity index (χ3n) is 8.10. The zero-order valence-corrected chi connectivity index (χ0v) is 23.6. The molecular weight excluding hydrogens is 509 g/mol. The lowest BCUT2D eigenvalue weighted by Crippen LogP contribution is -2.45. The van der Waals surface area contributed by atoms with E-state index < -0.39 is 11.9 Å². The molecule has 0 unspecified atom stereocenters. The normalized spacial score (nSPS) is 20.4. The summed E-state index contributed by atoms with van der Waals surface area (Å²) in [4.78, 5) is 41.2. The van der Waals surface area contributed by atoms with Gasteiger partial charge < -0.3 is 14.7 Å². The van der Waals surface area contributed by atoms with Gasteiger partial charge in [0, 0.05) is 47.8 Å². The van der Waals surface area contributed by atoms with E-state index in [1.54, 1.807) is 12.1 Å². The molecule has 0 atom stereocenters. The summed E-state index contributed by atoms with van der Waals surface area (Å²) in [6.45, 7) is 8.76. The molecule has 0 radical (unpaired) electrons. The first kappa shape index (κ1) is 27.8. The summed E-state index contributed by atoms with van der Waals surface area (Å²) in [7, 11) is 0. The van der Waals surface area contributed by atoms with Crippen molar-refractivity contribution in [3.05, 3.63) is 88.0 Å². The molecule has 1 aliphatic heterocycles. The third-order valence-corrected chi connectivity index (χ3v) is 8.10. The minimum absolute atomic E-state index is 0.0115. The van der Waals surface area contributed by atoms with Gasteiger partial charge in [-0.25, -0.2) is 4.39 Å². The molecule has 0 spiro atoms. The number of rotatable bonds is 7. The van der Waals surface area contributed by atoms with Crippen LogP contribution < -0.4 is 4.74 Å². The molecule has 5 rings (SSSR count). The number of benzene rings is 2. The second kappa shape index (κ2) is 10.3. The third kappa shape index (κ3) is 5.60. The Kier molecular flexibility index (Phi) is 7.19. The Morgan fingerprint density at radius 1 is 0.875 bits per heavy atom. The fraction of sp³-hybridized carbons (Fsp3) is 0.424. The first-order valence-corrected chi connectivity index (χ1v) is 13.8. The Hall–Kier alpha value is -3.74. The molecule has 1 N–H and O–H groups in total. The average molecular weight is 546 g/mol. The lowest BCUT2D eigenvalue weighted by Gasteiger charge is -2.49. The molecule has 2 aliphatic carbocycles. The van der Waals surface area contributed by atoms with Crippen molar-refractivity contribution in [3.63, 3.8) is 0 Å². The largest absolute Gasteiger partial charge is 0.489 e. The highest BCUT2D eigenvalue weighted by molar-refractivity contribution is 6.06. The van der Waals surface area contributed by atoms with Gasteiger partial charge in [0.05, 0.1) is 6.42 Å². The Labute approximate surface area is 234 Å². The van der Waals surface area contributed by atoms with Crippen molar-refractivity contribution in [1.82, 2.24) is 4.90 Å². The summed E-state index contributed by atoms with van der Waals surface area (Å²) < 4.78 is 19.1. The number of carboxylic acids is 1. The number of Topliss-reactive ketones (excluding diaryl/α,β-unsaturated/α-hetero) is 2. The highest BCUT2D eigenvalue weighted by Gasteiger charge is 2.48. The van der Waals surface area contributed by atoms with Gasteiger partial charge in [-0.05, 0) is 59.1 Å². The SMILES string of the molecule is CC1(C)CC(=O)C2=C(C1)N(CCC(=O)O)C1=C(C(=O)CC(C)(C)C1)C2c1ccc(OCc2ccc(F)cc2)cc1. The number of halogens is 1. The van der Waals surface area contributed by atoms with Crippen LogP contribution in [-0.4, -0.2) is 34.1 Å². The number of nitrogens with zero attached hydrogens (tertiary/aromatic N) is 1. The molecule has 2 aromatic rings. The summed E-state index contributed by atoms with van der Waals surface area (Å²) in [5, 5.41) is 9.51. The molecular formula is C33H36FNO5. The lowest BCUT2D eigenvalue weighted by molar-refractivity contribution is -0.137. The summed E-state index contributed by atoms with van der Waals surface area (Å²) >= 11 is 0. The maximum absolute atomic E-state index is 13.8. The van der Waals surface area contributed by atoms with E-state index in [9.17, 15) is 23.9 Å². The highest BCUT2D eigenvalue weighted by atomic mass is 19.1. The molecule has 0 amide bonds. The predicted octanol–water partition coefficient (Wildman–Crippen LogP) is 6.57. The first-order valence-electron chi connectivity index (χ1n) is 13.8. The van der Waals surface area contributed by atoms with Crippen molar-refractivity contribution in [1.29, 1.82) is 0 Å². The van der Waals surface area contributed by atoms with Crippen LogP contribution >= 0.6 is 0 Å². The van der Waals surface area contributed by atoms with E-state index in [1.807, 2.05) is 29.2 Å². The first-order chi connectivity index (χ1) is 18.8. The maximum Gasteiger partial charge on any atom is 0.305 e. The maximum atomic E-state index is 13.8. The lowest BCUT2D eigenvalue weighted by atomic mass is 9.63. The van der Waals surface area contributed by atoms with Gasteiger partial charge >= 0.3 is 5.97 Å². The molecule has 0 saturated heterocycles. The van der Waals surface area contributed by atoms with Gasteiger partial charge in [-0.2, -0.15) is 0 Å². The number of ketones is 2. The number of aliphatic carboxylic acids is 1. The van der Waals surface area contributed by atoms with E-state index in [-0.39, 0.29) is 47.8 Å². The topological polar surface area (TPSA) is 83.9 Å². The number of ether oxygens (including phenoxy) is 1. The fourth-order valence-corrected chi connectivity index (χ4v) is 6.36. The van der Waals surface area contributed by atoms with Gasteiger partial charge in [0.15, 0.2) is 11.6 Å². The van der Waals surface area contributed by atoms with Crippen molar-refractivity contribution < 1.29 is 28.6 Å². The van der Waals surface area contributed by atoms with Gasteiger partial charge in [-0.15, -0.1) is 0 Å². The molecule has 1 heterocycles. The molecule has 7 heteroatoms. The van der Waals surface area contributed by atoms with E-state index in [0.717, 1.165) is 22.5 Å². The van der Waals surface area contributed by atoms with Crippen LogP contribution in [0.15, 0.2) is 71.1 Å². The van der Waals surface area contributed by atoms with E-state index in [1.165, 1.54) is 12.1 Å². The van der Waals surface area contributed by atoms with Crippen LogP contribution in [0.1, 0.15) is 76.8 Å². The van der Waals surface area contributed by atoms with E-state index in [2.05, 4.69) is 27.7 Å². The summed E-state index contributed by atoms with van der Waals surface area (Å²) in [5.74, 6) is -1.06. The highest BCUT2D eigenvalue weighted by Crippen LogP contribution is 2.54. The van der Waals surface area contributed by atoms with Crippen LogP contribution in [0.2, 0.25) is 0 Å². The second-order valence-corrected chi connectivity index (χ2v) is 12.8. The van der Waals surface area contributed by atoms with Crippen molar-refractivity contribution in [2.75, 3.05) is 6.54 Å². The summed E-state index contributed by atoms with van der Waals surface area (Å²) in [6, 6.07) is 13.6. The summed E-state index contributed by atoms with van der Waals surface area (Å²) in [5.41, 5.74) is 4.09. The van der Waals surface area contributed by atoms with Gasteiger partial charge in [-0.1, -0.05) is 52.0 Å². The molecule has 0 bridgehead atoms. The van der Waals surface area contributed by atoms with Crippen LogP contribution in [-0.2, 0) is 21.0 Å². The van der Waals surface area contributed by atoms with Crippen molar-refractivity contribution in [2.45, 2.75) is 72.3 Å². The second-order valence-electron chi connectivity index (χ2n) is 12.8. The smallest absolute Gasteiger partial charge is 0.305 e. The van der Waals surface area contributed by atoms with Crippen LogP contribution in [0.3, 0.4) is 0 Å². The fourth-order valence-electron chi connectivity index (χ4n) is 6.36. The Morgan fingerprint density at radius 3 is 1.90 bits per heavy atom. The zero-order chi connectivity index (χ0) is 28.8. The van der Waals surface area contributed by atoms with Gasteiger partial charge in [0.2, 0.25) is 0 Å². The van der Waals surface area contributed by atoms with Crippen molar-refractivity contribution in [2.24, 2.45) is 10.8 Å². The predicted molar refractivity (Wildman–Crippen MR) is 149 cm³/mol. The van der Waals surface area contributed by atoms with Crippen molar-refractivity contribution >= 4 is 17.5 Å². The van der Waals surface area contributed by atoms with Crippen LogP contribution in [0.25, 0.3) is 0 Å². The number of carboxylic acid groups (broad SMARTS) is 1. The van der Waals surface area contributed by atoms with E-state index in [4.69, 9.17) is 4.74 Å². The van der Waals surface area contributed by atoms with Crippen molar-refractivity contribution in [3.8, 4) is 5.75 Å². The van der Waals surface area contributed by atoms with E-state index >= 15 is 0 Å². The van der Waals surface area contributed by atoms with Gasteiger partial charge in [0.1, 0.15) is 18.2 Å². The monoisotopic (exact) mass is 545 g/mol.